The molecule has 2 amide bonds. The Balaban J connectivity index is 2.11. The molecule has 1 fully saturated rings. The molecule has 0 unspecified atom stereocenters. The molecule has 0 aliphatic carbocycles. The second kappa shape index (κ2) is 6.35. The number of carbonyl (C=O) groups is 2. The molecule has 0 bridgehead atoms. The van der Waals surface area contributed by atoms with E-state index in [2.05, 4.69) is 12.6 Å². The number of unbranched alkanes of at least 4 members (excludes halogenated alkanes) is 3. The molecule has 1 aliphatic heterocycles. The Bertz CT molecular complexity index is 205. The Kier molecular flexibility index (Phi) is 5.40. The highest BCUT2D eigenvalue weighted by Crippen LogP contribution is 2.19. The maximum absolute atomic E-state index is 11.2. The Morgan fingerprint density at radius 3 is 2.50 bits per heavy atom. The summed E-state index contributed by atoms with van der Waals surface area (Å²) in [4.78, 5) is 23.7. The molecule has 1 saturated heterocycles. The lowest BCUT2D eigenvalue weighted by Crippen LogP contribution is -2.29. The van der Waals surface area contributed by atoms with Gasteiger partial charge in [0.05, 0.1) is 5.75 Å². The maximum Gasteiger partial charge on any atom is 0.288 e. The lowest BCUT2D eigenvalue weighted by molar-refractivity contribution is -0.124. The van der Waals surface area contributed by atoms with Gasteiger partial charge in [-0.1, -0.05) is 24.6 Å². The third-order valence-corrected chi connectivity index (χ3v) is 3.31. The van der Waals surface area contributed by atoms with Gasteiger partial charge in [-0.2, -0.15) is 12.6 Å². The van der Waals surface area contributed by atoms with Crippen LogP contribution in [0.1, 0.15) is 25.7 Å². The molecule has 0 aromatic heterocycles. The highest BCUT2D eigenvalue weighted by Gasteiger charge is 2.28. The molecule has 0 spiro atoms. The zero-order valence-electron chi connectivity index (χ0n) is 8.07. The summed E-state index contributed by atoms with van der Waals surface area (Å²) in [5.41, 5.74) is 0. The van der Waals surface area contributed by atoms with Crippen LogP contribution in [0.5, 0.6) is 0 Å². The summed E-state index contributed by atoms with van der Waals surface area (Å²) in [6.45, 7) is 0.594. The first-order chi connectivity index (χ1) is 6.75. The van der Waals surface area contributed by atoms with Gasteiger partial charge in [0, 0.05) is 6.54 Å². The van der Waals surface area contributed by atoms with Crippen LogP contribution in [0.25, 0.3) is 0 Å². The predicted octanol–water partition coefficient (Wildman–Crippen LogP) is 2.17. The smallest absolute Gasteiger partial charge is 0.273 e. The van der Waals surface area contributed by atoms with Gasteiger partial charge in [0.15, 0.2) is 0 Å². The van der Waals surface area contributed by atoms with Crippen LogP contribution in [-0.2, 0) is 4.79 Å². The van der Waals surface area contributed by atoms with Crippen molar-refractivity contribution in [2.45, 2.75) is 25.7 Å². The number of amides is 2. The number of imide groups is 1. The van der Waals surface area contributed by atoms with Crippen LogP contribution in [-0.4, -0.2) is 34.1 Å². The number of thioether (sulfide) groups is 1. The summed E-state index contributed by atoms with van der Waals surface area (Å²) in [6, 6.07) is 0. The van der Waals surface area contributed by atoms with Gasteiger partial charge in [-0.15, -0.1) is 0 Å². The molecule has 0 N–H and O–H groups in total. The zero-order valence-corrected chi connectivity index (χ0v) is 9.78. The molecule has 0 aromatic carbocycles. The van der Waals surface area contributed by atoms with E-state index in [1.807, 2.05) is 0 Å². The molecule has 0 atom stereocenters. The first kappa shape index (κ1) is 11.9. The average molecular weight is 233 g/mol. The summed E-state index contributed by atoms with van der Waals surface area (Å²) >= 11 is 5.22. The highest BCUT2D eigenvalue weighted by atomic mass is 32.2. The highest BCUT2D eigenvalue weighted by molar-refractivity contribution is 8.14. The van der Waals surface area contributed by atoms with Gasteiger partial charge in [-0.3, -0.25) is 14.5 Å². The first-order valence-corrected chi connectivity index (χ1v) is 6.45. The lowest BCUT2D eigenvalue weighted by atomic mass is 10.2. The van der Waals surface area contributed by atoms with Crippen LogP contribution in [0.4, 0.5) is 4.79 Å². The van der Waals surface area contributed by atoms with E-state index in [0.717, 1.165) is 43.2 Å². The van der Waals surface area contributed by atoms with Crippen LogP contribution in [0.2, 0.25) is 0 Å². The predicted molar refractivity (Wildman–Crippen MR) is 61.9 cm³/mol. The summed E-state index contributed by atoms with van der Waals surface area (Å²) in [5.74, 6) is 1.21. The summed E-state index contributed by atoms with van der Waals surface area (Å²) in [7, 11) is 0. The first-order valence-electron chi connectivity index (χ1n) is 4.83. The second-order valence-corrected chi connectivity index (χ2v) is 4.61. The van der Waals surface area contributed by atoms with E-state index in [4.69, 9.17) is 0 Å². The van der Waals surface area contributed by atoms with Crippen LogP contribution in [0, 0.1) is 0 Å². The molecule has 1 aliphatic rings. The fraction of sp³-hybridized carbons (Fsp3) is 0.778. The largest absolute Gasteiger partial charge is 0.288 e. The van der Waals surface area contributed by atoms with E-state index in [9.17, 15) is 9.59 Å². The van der Waals surface area contributed by atoms with Crippen molar-refractivity contribution >= 4 is 35.5 Å². The van der Waals surface area contributed by atoms with E-state index in [1.165, 1.54) is 4.90 Å². The van der Waals surface area contributed by atoms with Gasteiger partial charge in [0.2, 0.25) is 5.91 Å². The molecule has 0 radical (unpaired) electrons. The number of hydrogen-bond acceptors (Lipinski definition) is 4. The van der Waals surface area contributed by atoms with Gasteiger partial charge in [-0.05, 0) is 18.6 Å². The molecule has 14 heavy (non-hydrogen) atoms. The number of thiol groups is 1. The standard InChI is InChI=1S/C9H15NO2S2/c11-8-7-14-9(12)10(8)5-3-1-2-4-6-13/h13H,1-7H2. The topological polar surface area (TPSA) is 37.4 Å². The molecule has 3 nitrogen and oxygen atoms in total. The molecule has 5 heteroatoms. The second-order valence-electron chi connectivity index (χ2n) is 3.24. The number of hydrogen-bond donors (Lipinski definition) is 1. The minimum atomic E-state index is -0.0794. The zero-order chi connectivity index (χ0) is 10.4. The Labute approximate surface area is 94.0 Å². The van der Waals surface area contributed by atoms with Crippen LogP contribution in [0.15, 0.2) is 0 Å². The van der Waals surface area contributed by atoms with Crippen molar-refractivity contribution in [3.05, 3.63) is 0 Å². The number of rotatable bonds is 6. The van der Waals surface area contributed by atoms with Gasteiger partial charge < -0.3 is 0 Å². The lowest BCUT2D eigenvalue weighted by Gasteiger charge is -2.11. The van der Waals surface area contributed by atoms with Crippen LogP contribution >= 0.6 is 24.4 Å². The molecule has 1 rings (SSSR count). The third kappa shape index (κ3) is 3.53. The summed E-state index contributed by atoms with van der Waals surface area (Å²) in [5, 5.41) is -0.0794. The van der Waals surface area contributed by atoms with E-state index >= 15 is 0 Å². The molecule has 0 aromatic rings. The quantitative estimate of drug-likeness (QED) is 0.564. The maximum atomic E-state index is 11.2. The molecule has 1 heterocycles. The summed E-state index contributed by atoms with van der Waals surface area (Å²) < 4.78 is 0. The van der Waals surface area contributed by atoms with Crippen LogP contribution in [0.3, 0.4) is 0 Å². The minimum absolute atomic E-state index is 0.0332. The van der Waals surface area contributed by atoms with E-state index in [1.54, 1.807) is 0 Å². The van der Waals surface area contributed by atoms with Crippen molar-refractivity contribution in [1.29, 1.82) is 0 Å². The van der Waals surface area contributed by atoms with Crippen molar-refractivity contribution in [2.24, 2.45) is 0 Å². The van der Waals surface area contributed by atoms with Crippen molar-refractivity contribution < 1.29 is 9.59 Å². The van der Waals surface area contributed by atoms with Crippen molar-refractivity contribution in [3.8, 4) is 0 Å². The van der Waals surface area contributed by atoms with Gasteiger partial charge in [-0.25, -0.2) is 0 Å². The van der Waals surface area contributed by atoms with Crippen molar-refractivity contribution in [3.63, 3.8) is 0 Å². The Hall–Kier alpha value is -0.160. The normalized spacial score (nSPS) is 16.8. The molecular formula is C9H15NO2S2. The average Bonchev–Trinajstić information content (AvgIpc) is 2.48. The monoisotopic (exact) mass is 233 g/mol. The van der Waals surface area contributed by atoms with E-state index in [0.29, 0.717) is 12.3 Å². The molecular weight excluding hydrogens is 218 g/mol. The summed E-state index contributed by atoms with van der Waals surface area (Å²) in [6.07, 6.45) is 4.24. The van der Waals surface area contributed by atoms with Crippen molar-refractivity contribution in [1.82, 2.24) is 4.90 Å². The fourth-order valence-corrected chi connectivity index (χ4v) is 2.31. The van der Waals surface area contributed by atoms with E-state index in [-0.39, 0.29) is 11.1 Å². The van der Waals surface area contributed by atoms with E-state index < -0.39 is 0 Å². The molecule has 0 saturated carbocycles. The van der Waals surface area contributed by atoms with Gasteiger partial charge in [0.1, 0.15) is 0 Å². The van der Waals surface area contributed by atoms with Gasteiger partial charge >= 0.3 is 0 Å². The minimum Gasteiger partial charge on any atom is -0.273 e. The van der Waals surface area contributed by atoms with Crippen LogP contribution < -0.4 is 0 Å². The Morgan fingerprint density at radius 2 is 1.93 bits per heavy atom. The van der Waals surface area contributed by atoms with Crippen molar-refractivity contribution in [2.75, 3.05) is 18.1 Å². The fourth-order valence-electron chi connectivity index (χ4n) is 1.33. The number of nitrogens with zero attached hydrogens (tertiary/aromatic N) is 1. The SMILES string of the molecule is O=C1CSC(=O)N1CCCCCCS. The third-order valence-electron chi connectivity index (χ3n) is 2.13. The Morgan fingerprint density at radius 1 is 1.21 bits per heavy atom. The molecule has 80 valence electrons. The number of carbonyl (C=O) groups excluding carboxylic acids is 2. The van der Waals surface area contributed by atoms with Gasteiger partial charge in [0.25, 0.3) is 5.24 Å².